The molecule has 1 fully saturated rings. The van der Waals surface area contributed by atoms with Gasteiger partial charge in [-0.15, -0.1) is 11.8 Å². The zero-order valence-corrected chi connectivity index (χ0v) is 27.3. The molecule has 1 N–H and O–H groups in total. The lowest BCUT2D eigenvalue weighted by molar-refractivity contribution is -0.385. The average molecular weight is 645 g/mol. The van der Waals surface area contributed by atoms with Crippen LogP contribution in [0.1, 0.15) is 90.5 Å². The molecule has 1 aliphatic rings. The summed E-state index contributed by atoms with van der Waals surface area (Å²) in [4.78, 5) is 58.8. The number of phosphoric acid groups is 1. The summed E-state index contributed by atoms with van der Waals surface area (Å²) in [6.45, 7) is 8.37. The summed E-state index contributed by atoms with van der Waals surface area (Å²) in [5.41, 5.74) is 0.433. The quantitative estimate of drug-likeness (QED) is 0.0320. The van der Waals surface area contributed by atoms with Crippen LogP contribution in [0.25, 0.3) is 0 Å². The van der Waals surface area contributed by atoms with Gasteiger partial charge in [-0.1, -0.05) is 46.1 Å². The summed E-state index contributed by atoms with van der Waals surface area (Å²) in [7, 11) is -4.03. The van der Waals surface area contributed by atoms with Crippen molar-refractivity contribution in [2.24, 2.45) is 5.41 Å². The van der Waals surface area contributed by atoms with E-state index >= 15 is 0 Å². The Balaban J connectivity index is 1.55. The molecule has 1 aliphatic heterocycles. The molecule has 43 heavy (non-hydrogen) atoms. The molecule has 12 nitrogen and oxygen atoms in total. The molecule has 1 saturated heterocycles. The fourth-order valence-corrected chi connectivity index (χ4v) is 6.17. The van der Waals surface area contributed by atoms with Gasteiger partial charge in [-0.25, -0.2) is 4.57 Å². The number of hydrogen-bond donors (Lipinski definition) is 1. The second kappa shape index (κ2) is 17.9. The highest BCUT2D eigenvalue weighted by Gasteiger charge is 2.38. The second-order valence-electron chi connectivity index (χ2n) is 11.8. The van der Waals surface area contributed by atoms with Crippen molar-refractivity contribution >= 4 is 43.1 Å². The molecule has 1 aromatic rings. The van der Waals surface area contributed by atoms with E-state index in [0.29, 0.717) is 44.2 Å². The number of esters is 1. The van der Waals surface area contributed by atoms with Crippen molar-refractivity contribution in [1.29, 1.82) is 0 Å². The minimum atomic E-state index is -4.03. The number of unbranched alkanes of at least 4 members (excludes halogenated alkanes) is 5. The molecule has 2 rings (SSSR count). The Bertz CT molecular complexity index is 1160. The van der Waals surface area contributed by atoms with Crippen molar-refractivity contribution in [1.82, 2.24) is 4.90 Å². The number of thioether (sulfide) groups is 1. The Morgan fingerprint density at radius 2 is 1.77 bits per heavy atom. The number of rotatable bonds is 20. The van der Waals surface area contributed by atoms with Crippen molar-refractivity contribution in [3.8, 4) is 5.75 Å². The number of aryl methyl sites for hydroxylation is 1. The molecular formula is C29H45N2O10PS. The number of carbonyl (C=O) groups is 3. The molecule has 0 aliphatic carbocycles. The Morgan fingerprint density at radius 3 is 2.47 bits per heavy atom. The van der Waals surface area contributed by atoms with Gasteiger partial charge >= 0.3 is 19.5 Å². The summed E-state index contributed by atoms with van der Waals surface area (Å²) in [6, 6.07) is 4.39. The number of likely N-dealkylation sites (tertiary alicyclic amines) is 1. The molecular weight excluding hydrogens is 599 g/mol. The van der Waals surface area contributed by atoms with Gasteiger partial charge in [0.25, 0.3) is 0 Å². The average Bonchev–Trinajstić information content (AvgIpc) is 3.17. The van der Waals surface area contributed by atoms with E-state index in [1.54, 1.807) is 13.0 Å². The third-order valence-corrected chi connectivity index (χ3v) is 9.03. The first-order valence-corrected chi connectivity index (χ1v) is 17.3. The summed E-state index contributed by atoms with van der Waals surface area (Å²) < 4.78 is 27.1. The molecule has 0 aromatic heterocycles. The van der Waals surface area contributed by atoms with E-state index in [4.69, 9.17) is 13.8 Å². The highest BCUT2D eigenvalue weighted by atomic mass is 32.2. The van der Waals surface area contributed by atoms with E-state index in [2.05, 4.69) is 0 Å². The molecule has 2 amide bonds. The Labute approximate surface area is 258 Å². The number of hydrogen-bond acceptors (Lipinski definition) is 10. The van der Waals surface area contributed by atoms with E-state index in [9.17, 15) is 34.0 Å². The third kappa shape index (κ3) is 14.3. The summed E-state index contributed by atoms with van der Waals surface area (Å²) >= 11 is 1.47. The van der Waals surface area contributed by atoms with Crippen molar-refractivity contribution < 1.29 is 42.5 Å². The van der Waals surface area contributed by atoms with Gasteiger partial charge in [-0.3, -0.25) is 38.4 Å². The number of nitro benzene ring substituents is 1. The van der Waals surface area contributed by atoms with Gasteiger partial charge in [-0.05, 0) is 61.8 Å². The lowest BCUT2D eigenvalue weighted by Gasteiger charge is -2.19. The zero-order chi connectivity index (χ0) is 32.0. The predicted octanol–water partition coefficient (Wildman–Crippen LogP) is 6.36. The molecule has 2 unspecified atom stereocenters. The number of nitro groups is 1. The first-order valence-electron chi connectivity index (χ1n) is 14.7. The van der Waals surface area contributed by atoms with Gasteiger partial charge in [-0.2, -0.15) is 0 Å². The number of imide groups is 1. The summed E-state index contributed by atoms with van der Waals surface area (Å²) in [6.07, 6.45) is 5.67. The Kier molecular flexibility index (Phi) is 15.3. The first-order chi connectivity index (χ1) is 20.2. The highest BCUT2D eigenvalue weighted by molar-refractivity contribution is 8.00. The van der Waals surface area contributed by atoms with Gasteiger partial charge in [0.15, 0.2) is 0 Å². The normalized spacial score (nSPS) is 16.9. The highest BCUT2D eigenvalue weighted by Crippen LogP contribution is 2.44. The maximum atomic E-state index is 12.7. The van der Waals surface area contributed by atoms with E-state index in [1.807, 2.05) is 20.8 Å². The van der Waals surface area contributed by atoms with Gasteiger partial charge < -0.3 is 9.63 Å². The molecule has 242 valence electrons. The van der Waals surface area contributed by atoms with Gasteiger partial charge in [0.2, 0.25) is 17.6 Å². The van der Waals surface area contributed by atoms with Crippen LogP contribution in [-0.2, 0) is 28.0 Å². The van der Waals surface area contributed by atoms with Crippen LogP contribution in [0, 0.1) is 22.5 Å². The lowest BCUT2D eigenvalue weighted by Crippen LogP contribution is -2.32. The minimum absolute atomic E-state index is 0.00533. The molecule has 14 heteroatoms. The fourth-order valence-electron chi connectivity index (χ4n) is 4.23. The van der Waals surface area contributed by atoms with E-state index in [1.165, 1.54) is 28.8 Å². The van der Waals surface area contributed by atoms with Crippen LogP contribution in [0.4, 0.5) is 5.69 Å². The molecule has 0 bridgehead atoms. The van der Waals surface area contributed by atoms with Crippen molar-refractivity contribution in [2.75, 3.05) is 25.5 Å². The smallest absolute Gasteiger partial charge is 0.419 e. The number of amides is 2. The Hall–Kier alpha value is -2.31. The maximum absolute atomic E-state index is 12.7. The van der Waals surface area contributed by atoms with Crippen molar-refractivity contribution in [3.63, 3.8) is 0 Å². The van der Waals surface area contributed by atoms with Crippen molar-refractivity contribution in [3.05, 3.63) is 33.9 Å². The van der Waals surface area contributed by atoms with E-state index in [-0.39, 0.29) is 60.0 Å². The Morgan fingerprint density at radius 1 is 1.09 bits per heavy atom. The number of ether oxygens (including phenoxy) is 1. The molecule has 0 spiro atoms. The second-order valence-corrected chi connectivity index (χ2v) is 14.6. The van der Waals surface area contributed by atoms with Crippen LogP contribution in [0.5, 0.6) is 5.75 Å². The third-order valence-electron chi connectivity index (χ3n) is 6.72. The van der Waals surface area contributed by atoms with Gasteiger partial charge in [0.1, 0.15) is 0 Å². The van der Waals surface area contributed by atoms with Crippen LogP contribution >= 0.6 is 19.6 Å². The zero-order valence-electron chi connectivity index (χ0n) is 25.6. The molecule has 1 aromatic carbocycles. The van der Waals surface area contributed by atoms with E-state index in [0.717, 1.165) is 25.0 Å². The monoisotopic (exact) mass is 644 g/mol. The SMILES string of the molecule is Cc1ccc(OC(=O)CCCCCN2C(=O)CC(SCCCCCCOP(=O)(O)OCCC(C)(C)C)C2=O)c([N+](=O)[O-])c1. The largest absolute Gasteiger partial charge is 0.472 e. The predicted molar refractivity (Wildman–Crippen MR) is 164 cm³/mol. The number of nitrogens with zero attached hydrogens (tertiary/aromatic N) is 2. The van der Waals surface area contributed by atoms with Gasteiger partial charge in [0, 0.05) is 25.5 Å². The fraction of sp³-hybridized carbons (Fsp3) is 0.690. The molecule has 0 saturated carbocycles. The van der Waals surface area contributed by atoms with E-state index < -0.39 is 18.7 Å². The standard InChI is InChI=1S/C29H45N2O10PS/c1-22-13-14-24(23(20-22)31(35)36)41-27(33)12-8-7-9-16-30-26(32)21-25(28(30)34)43-19-11-6-5-10-17-39-42(37,38)40-18-15-29(2,3)4/h13-14,20,25H,5-12,15-19,21H2,1-4H3,(H,37,38). The van der Waals surface area contributed by atoms with Crippen LogP contribution in [0.2, 0.25) is 0 Å². The van der Waals surface area contributed by atoms with Crippen molar-refractivity contribution in [2.45, 2.75) is 97.2 Å². The topological polar surface area (TPSA) is 163 Å². The number of phosphoric ester groups is 1. The molecule has 0 radical (unpaired) electrons. The number of benzene rings is 1. The lowest BCUT2D eigenvalue weighted by atomic mass is 9.93. The minimum Gasteiger partial charge on any atom is -0.419 e. The first kappa shape index (κ1) is 36.9. The summed E-state index contributed by atoms with van der Waals surface area (Å²) in [5.74, 6) is -0.298. The maximum Gasteiger partial charge on any atom is 0.472 e. The van der Waals surface area contributed by atoms with Gasteiger partial charge in [0.05, 0.1) is 23.4 Å². The van der Waals surface area contributed by atoms with Crippen LogP contribution in [-0.4, -0.2) is 63.3 Å². The van der Waals surface area contributed by atoms with Crippen LogP contribution in [0.3, 0.4) is 0 Å². The van der Waals surface area contributed by atoms with Crippen LogP contribution < -0.4 is 4.74 Å². The summed E-state index contributed by atoms with van der Waals surface area (Å²) in [5, 5.41) is 10.8. The van der Waals surface area contributed by atoms with Crippen LogP contribution in [0.15, 0.2) is 18.2 Å². The molecule has 2 atom stereocenters. The molecule has 1 heterocycles. The number of carbonyl (C=O) groups excluding carboxylic acids is 3.